The van der Waals surface area contributed by atoms with E-state index in [1.54, 1.807) is 0 Å². The van der Waals surface area contributed by atoms with E-state index in [1.165, 1.54) is 12.0 Å². The monoisotopic (exact) mass is 228 g/mol. The van der Waals surface area contributed by atoms with E-state index in [0.717, 1.165) is 45.9 Å². The van der Waals surface area contributed by atoms with Crippen molar-refractivity contribution in [3.63, 3.8) is 0 Å². The van der Waals surface area contributed by atoms with Crippen LogP contribution in [0.1, 0.15) is 27.2 Å². The van der Waals surface area contributed by atoms with Crippen molar-refractivity contribution in [3.8, 4) is 0 Å². The Kier molecular flexibility index (Phi) is 10.9. The lowest BCUT2D eigenvalue weighted by Crippen LogP contribution is -2.32. The minimum absolute atomic E-state index is 0.802. The number of nitrogens with one attached hydrogen (secondary N) is 1. The first kappa shape index (κ1) is 15.6. The number of ether oxygens (including phenoxy) is 1. The smallest absolute Gasteiger partial charge is 0.0593 e. The lowest BCUT2D eigenvalue weighted by Gasteiger charge is -2.21. The molecule has 0 aromatic rings. The average Bonchev–Trinajstić information content (AvgIpc) is 2.28. The van der Waals surface area contributed by atoms with Gasteiger partial charge < -0.3 is 10.1 Å². The number of hydrogen-bond donors (Lipinski definition) is 1. The largest absolute Gasteiger partial charge is 0.380 e. The second-order valence-electron chi connectivity index (χ2n) is 3.99. The fraction of sp³-hybridized carbons (Fsp3) is 0.846. The summed E-state index contributed by atoms with van der Waals surface area (Å²) in [5, 5.41) is 3.37. The van der Waals surface area contributed by atoms with E-state index in [0.29, 0.717) is 0 Å². The summed E-state index contributed by atoms with van der Waals surface area (Å²) < 4.78 is 5.36. The lowest BCUT2D eigenvalue weighted by molar-refractivity contribution is 0.118. The third kappa shape index (κ3) is 8.89. The van der Waals surface area contributed by atoms with Gasteiger partial charge in [0.05, 0.1) is 6.61 Å². The van der Waals surface area contributed by atoms with Crippen molar-refractivity contribution < 1.29 is 4.74 Å². The summed E-state index contributed by atoms with van der Waals surface area (Å²) in [7, 11) is 0. The number of hydrogen-bond acceptors (Lipinski definition) is 3. The SMILES string of the molecule is C=C(CNCCC)CN(CC)CCOCC. The molecule has 0 spiro atoms. The highest BCUT2D eigenvalue weighted by Gasteiger charge is 2.03. The molecule has 0 aromatic heterocycles. The highest BCUT2D eigenvalue weighted by Crippen LogP contribution is 1.96. The first-order chi connectivity index (χ1) is 7.74. The van der Waals surface area contributed by atoms with Crippen molar-refractivity contribution in [2.45, 2.75) is 27.2 Å². The van der Waals surface area contributed by atoms with Crippen LogP contribution in [0.5, 0.6) is 0 Å². The molecule has 0 saturated carbocycles. The van der Waals surface area contributed by atoms with E-state index in [4.69, 9.17) is 4.74 Å². The predicted molar refractivity (Wildman–Crippen MR) is 70.9 cm³/mol. The minimum atomic E-state index is 0.802. The van der Waals surface area contributed by atoms with E-state index in [1.807, 2.05) is 6.92 Å². The van der Waals surface area contributed by atoms with Gasteiger partial charge in [-0.25, -0.2) is 0 Å². The third-order valence-corrected chi connectivity index (χ3v) is 2.45. The fourth-order valence-corrected chi connectivity index (χ4v) is 1.50. The Hall–Kier alpha value is -0.380. The van der Waals surface area contributed by atoms with E-state index in [9.17, 15) is 0 Å². The molecule has 0 radical (unpaired) electrons. The van der Waals surface area contributed by atoms with Crippen molar-refractivity contribution >= 4 is 0 Å². The van der Waals surface area contributed by atoms with Crippen molar-refractivity contribution in [3.05, 3.63) is 12.2 Å². The van der Waals surface area contributed by atoms with Gasteiger partial charge in [0.2, 0.25) is 0 Å². The molecular formula is C13H28N2O. The molecular weight excluding hydrogens is 200 g/mol. The summed E-state index contributed by atoms with van der Waals surface area (Å²) >= 11 is 0. The van der Waals surface area contributed by atoms with Crippen LogP contribution in [0.25, 0.3) is 0 Å². The van der Waals surface area contributed by atoms with Gasteiger partial charge in [-0.1, -0.05) is 20.4 Å². The van der Waals surface area contributed by atoms with Crippen molar-refractivity contribution in [2.24, 2.45) is 0 Å². The highest BCUT2D eigenvalue weighted by atomic mass is 16.5. The molecule has 0 fully saturated rings. The Bertz CT molecular complexity index is 171. The molecule has 96 valence electrons. The van der Waals surface area contributed by atoms with Crippen LogP contribution in [0.15, 0.2) is 12.2 Å². The molecule has 0 heterocycles. The van der Waals surface area contributed by atoms with Gasteiger partial charge in [0.1, 0.15) is 0 Å². The molecule has 3 nitrogen and oxygen atoms in total. The maximum atomic E-state index is 5.36. The summed E-state index contributed by atoms with van der Waals surface area (Å²) in [5.74, 6) is 0. The second-order valence-corrected chi connectivity index (χ2v) is 3.99. The number of rotatable bonds is 11. The summed E-state index contributed by atoms with van der Waals surface area (Å²) in [6, 6.07) is 0. The molecule has 0 aliphatic carbocycles. The number of likely N-dealkylation sites (N-methyl/N-ethyl adjacent to an activating group) is 1. The highest BCUT2D eigenvalue weighted by molar-refractivity contribution is 4.99. The van der Waals surface area contributed by atoms with Crippen LogP contribution in [-0.4, -0.2) is 50.8 Å². The maximum Gasteiger partial charge on any atom is 0.0593 e. The van der Waals surface area contributed by atoms with Crippen molar-refractivity contribution in [1.82, 2.24) is 10.2 Å². The lowest BCUT2D eigenvalue weighted by atomic mass is 10.2. The van der Waals surface area contributed by atoms with Crippen LogP contribution < -0.4 is 5.32 Å². The van der Waals surface area contributed by atoms with Crippen molar-refractivity contribution in [2.75, 3.05) is 45.9 Å². The molecule has 3 heteroatoms. The van der Waals surface area contributed by atoms with Crippen LogP contribution in [0.2, 0.25) is 0 Å². The zero-order chi connectivity index (χ0) is 12.2. The van der Waals surface area contributed by atoms with Gasteiger partial charge in [0, 0.05) is 26.2 Å². The molecule has 0 aliphatic rings. The molecule has 16 heavy (non-hydrogen) atoms. The zero-order valence-corrected chi connectivity index (χ0v) is 11.2. The molecule has 0 aliphatic heterocycles. The van der Waals surface area contributed by atoms with Gasteiger partial charge in [0.15, 0.2) is 0 Å². The van der Waals surface area contributed by atoms with Crippen LogP contribution in [-0.2, 0) is 4.74 Å². The molecule has 0 unspecified atom stereocenters. The van der Waals surface area contributed by atoms with Crippen LogP contribution in [0.4, 0.5) is 0 Å². The van der Waals surface area contributed by atoms with Gasteiger partial charge in [-0.3, -0.25) is 4.90 Å². The molecule has 0 aromatic carbocycles. The average molecular weight is 228 g/mol. The molecule has 1 N–H and O–H groups in total. The summed E-state index contributed by atoms with van der Waals surface area (Å²) in [6.07, 6.45) is 1.18. The molecule has 0 saturated heterocycles. The number of nitrogens with zero attached hydrogens (tertiary/aromatic N) is 1. The summed E-state index contributed by atoms with van der Waals surface area (Å²) in [4.78, 5) is 2.37. The zero-order valence-electron chi connectivity index (χ0n) is 11.2. The topological polar surface area (TPSA) is 24.5 Å². The van der Waals surface area contributed by atoms with Gasteiger partial charge in [-0.05, 0) is 32.0 Å². The van der Waals surface area contributed by atoms with Gasteiger partial charge in [-0.15, -0.1) is 0 Å². The standard InChI is InChI=1S/C13H28N2O/c1-5-8-14-11-13(4)12-15(6-2)9-10-16-7-3/h14H,4-12H2,1-3H3. The van der Waals surface area contributed by atoms with Crippen LogP contribution in [0.3, 0.4) is 0 Å². The third-order valence-electron chi connectivity index (χ3n) is 2.45. The van der Waals surface area contributed by atoms with Gasteiger partial charge in [0.25, 0.3) is 0 Å². The van der Waals surface area contributed by atoms with E-state index < -0.39 is 0 Å². The second kappa shape index (κ2) is 11.1. The van der Waals surface area contributed by atoms with Crippen LogP contribution in [0, 0.1) is 0 Å². The predicted octanol–water partition coefficient (Wildman–Crippen LogP) is 1.90. The van der Waals surface area contributed by atoms with E-state index in [2.05, 4.69) is 30.6 Å². The first-order valence-electron chi connectivity index (χ1n) is 6.42. The van der Waals surface area contributed by atoms with E-state index >= 15 is 0 Å². The quantitative estimate of drug-likeness (QED) is 0.432. The fourth-order valence-electron chi connectivity index (χ4n) is 1.50. The Labute approximate surface area is 101 Å². The Morgan fingerprint density at radius 2 is 2.06 bits per heavy atom. The summed E-state index contributed by atoms with van der Waals surface area (Å²) in [5.41, 5.74) is 1.26. The molecule has 0 rings (SSSR count). The molecule has 0 bridgehead atoms. The molecule has 0 amide bonds. The summed E-state index contributed by atoms with van der Waals surface area (Å²) in [6.45, 7) is 17.1. The Morgan fingerprint density at radius 3 is 2.62 bits per heavy atom. The Morgan fingerprint density at radius 1 is 1.31 bits per heavy atom. The molecule has 0 atom stereocenters. The van der Waals surface area contributed by atoms with Gasteiger partial charge in [-0.2, -0.15) is 0 Å². The normalized spacial score (nSPS) is 11.0. The van der Waals surface area contributed by atoms with Gasteiger partial charge >= 0.3 is 0 Å². The maximum absolute atomic E-state index is 5.36. The van der Waals surface area contributed by atoms with Crippen molar-refractivity contribution in [1.29, 1.82) is 0 Å². The van der Waals surface area contributed by atoms with Crippen LogP contribution >= 0.6 is 0 Å². The minimum Gasteiger partial charge on any atom is -0.380 e. The van der Waals surface area contributed by atoms with E-state index in [-0.39, 0.29) is 0 Å². The first-order valence-corrected chi connectivity index (χ1v) is 6.42. The Balaban J connectivity index is 3.61.